The summed E-state index contributed by atoms with van der Waals surface area (Å²) in [5.74, 6) is -3.65. The summed E-state index contributed by atoms with van der Waals surface area (Å²) >= 11 is 0. The van der Waals surface area contributed by atoms with Gasteiger partial charge in [-0.15, -0.1) is 0 Å². The third-order valence-corrected chi connectivity index (χ3v) is 2.24. The molecule has 1 amide bonds. The van der Waals surface area contributed by atoms with Crippen molar-refractivity contribution in [1.29, 1.82) is 0 Å². The van der Waals surface area contributed by atoms with Crippen LogP contribution < -0.4 is 0 Å². The van der Waals surface area contributed by atoms with Gasteiger partial charge < -0.3 is 10.0 Å². The number of halogens is 4. The molecule has 104 valence electrons. The highest BCUT2D eigenvalue weighted by Crippen LogP contribution is 2.32. The van der Waals surface area contributed by atoms with E-state index < -0.39 is 41.5 Å². The summed E-state index contributed by atoms with van der Waals surface area (Å²) in [7, 11) is 1.04. The van der Waals surface area contributed by atoms with Gasteiger partial charge in [0.2, 0.25) is 0 Å². The number of nitrogens with zero attached hydrogens (tertiary/aromatic N) is 1. The Balaban J connectivity index is 3.20. The molecule has 0 heterocycles. The van der Waals surface area contributed by atoms with Gasteiger partial charge in [0.15, 0.2) is 0 Å². The van der Waals surface area contributed by atoms with Gasteiger partial charge in [-0.1, -0.05) is 0 Å². The summed E-state index contributed by atoms with van der Waals surface area (Å²) in [5, 5.41) is 8.48. The standard InChI is InChI=1S/C11H9F4NO3/c1-16(5-9(17)18)10(19)7-3-2-6(12)4-8(7)11(13,14)15/h2-4H,5H2,1H3,(H,17,18). The summed E-state index contributed by atoms with van der Waals surface area (Å²) in [6.45, 7) is -0.756. The Hall–Kier alpha value is -2.12. The molecule has 0 fully saturated rings. The second-order valence-corrected chi connectivity index (χ2v) is 3.74. The average Bonchev–Trinajstić information content (AvgIpc) is 2.25. The number of amides is 1. The summed E-state index contributed by atoms with van der Waals surface area (Å²) in [6.07, 6.45) is -4.91. The molecule has 0 saturated carbocycles. The van der Waals surface area contributed by atoms with Crippen molar-refractivity contribution in [2.75, 3.05) is 13.6 Å². The maximum Gasteiger partial charge on any atom is 0.417 e. The van der Waals surface area contributed by atoms with Crippen LogP contribution in [0.25, 0.3) is 0 Å². The van der Waals surface area contributed by atoms with Gasteiger partial charge in [0.1, 0.15) is 12.4 Å². The van der Waals surface area contributed by atoms with Gasteiger partial charge in [-0.25, -0.2) is 4.39 Å². The van der Waals surface area contributed by atoms with Crippen LogP contribution in [0.4, 0.5) is 17.6 Å². The van der Waals surface area contributed by atoms with Gasteiger partial charge in [-0.3, -0.25) is 9.59 Å². The summed E-state index contributed by atoms with van der Waals surface area (Å²) in [6, 6.07) is 1.58. The van der Waals surface area contributed by atoms with E-state index in [0.717, 1.165) is 7.05 Å². The van der Waals surface area contributed by atoms with Gasteiger partial charge >= 0.3 is 12.1 Å². The number of alkyl halides is 3. The number of hydrogen-bond donors (Lipinski definition) is 1. The highest BCUT2D eigenvalue weighted by molar-refractivity contribution is 5.97. The lowest BCUT2D eigenvalue weighted by Gasteiger charge is -2.18. The highest BCUT2D eigenvalue weighted by Gasteiger charge is 2.36. The average molecular weight is 279 g/mol. The van der Waals surface area contributed by atoms with E-state index in [-0.39, 0.29) is 6.07 Å². The molecular formula is C11H9F4NO3. The lowest BCUT2D eigenvalue weighted by Crippen LogP contribution is -2.33. The highest BCUT2D eigenvalue weighted by atomic mass is 19.4. The number of likely N-dealkylation sites (N-methyl/N-ethyl adjacent to an activating group) is 1. The first-order valence-corrected chi connectivity index (χ1v) is 4.97. The second kappa shape index (κ2) is 5.25. The van der Waals surface area contributed by atoms with Crippen molar-refractivity contribution in [2.24, 2.45) is 0 Å². The van der Waals surface area contributed by atoms with Crippen molar-refractivity contribution in [3.8, 4) is 0 Å². The Morgan fingerprint density at radius 2 is 1.89 bits per heavy atom. The molecule has 0 unspecified atom stereocenters. The first-order chi connectivity index (χ1) is 8.62. The minimum atomic E-state index is -4.91. The molecule has 1 N–H and O–H groups in total. The molecule has 0 aliphatic carbocycles. The molecule has 1 rings (SSSR count). The van der Waals surface area contributed by atoms with Gasteiger partial charge in [0.25, 0.3) is 5.91 Å². The Kier molecular flexibility index (Phi) is 4.13. The smallest absolute Gasteiger partial charge is 0.417 e. The molecule has 0 bridgehead atoms. The van der Waals surface area contributed by atoms with Crippen LogP contribution in [0.1, 0.15) is 15.9 Å². The van der Waals surface area contributed by atoms with Crippen molar-refractivity contribution >= 4 is 11.9 Å². The van der Waals surface area contributed by atoms with Crippen molar-refractivity contribution in [2.45, 2.75) is 6.18 Å². The second-order valence-electron chi connectivity index (χ2n) is 3.74. The fourth-order valence-corrected chi connectivity index (χ4v) is 1.42. The Bertz CT molecular complexity index is 513. The molecule has 0 spiro atoms. The van der Waals surface area contributed by atoms with Crippen molar-refractivity contribution in [3.63, 3.8) is 0 Å². The molecule has 19 heavy (non-hydrogen) atoms. The quantitative estimate of drug-likeness (QED) is 0.861. The summed E-state index contributed by atoms with van der Waals surface area (Å²) in [5.41, 5.74) is -2.23. The normalized spacial score (nSPS) is 11.2. The Labute approximate surface area is 105 Å². The predicted octanol–water partition coefficient (Wildman–Crippen LogP) is 2.00. The van der Waals surface area contributed by atoms with Crippen LogP contribution >= 0.6 is 0 Å². The summed E-state index contributed by atoms with van der Waals surface area (Å²) < 4.78 is 50.8. The minimum Gasteiger partial charge on any atom is -0.480 e. The molecule has 8 heteroatoms. The van der Waals surface area contributed by atoms with Crippen molar-refractivity contribution < 1.29 is 32.3 Å². The number of benzene rings is 1. The molecule has 0 radical (unpaired) electrons. The lowest BCUT2D eigenvalue weighted by atomic mass is 10.1. The lowest BCUT2D eigenvalue weighted by molar-refractivity contribution is -0.138. The number of carbonyl (C=O) groups excluding carboxylic acids is 1. The predicted molar refractivity (Wildman–Crippen MR) is 56.0 cm³/mol. The van der Waals surface area contributed by atoms with E-state index in [9.17, 15) is 27.2 Å². The zero-order valence-corrected chi connectivity index (χ0v) is 9.66. The van der Waals surface area contributed by atoms with Crippen LogP contribution in [-0.4, -0.2) is 35.5 Å². The van der Waals surface area contributed by atoms with E-state index in [0.29, 0.717) is 17.0 Å². The summed E-state index contributed by atoms with van der Waals surface area (Å²) in [4.78, 5) is 22.7. The van der Waals surface area contributed by atoms with E-state index in [4.69, 9.17) is 5.11 Å². The maximum atomic E-state index is 12.8. The van der Waals surface area contributed by atoms with Crippen LogP contribution in [0, 0.1) is 5.82 Å². The third-order valence-electron chi connectivity index (χ3n) is 2.24. The molecular weight excluding hydrogens is 270 g/mol. The van der Waals surface area contributed by atoms with E-state index in [1.165, 1.54) is 0 Å². The molecule has 1 aromatic carbocycles. The number of rotatable bonds is 3. The van der Waals surface area contributed by atoms with Crippen molar-refractivity contribution in [1.82, 2.24) is 4.90 Å². The van der Waals surface area contributed by atoms with E-state index in [1.54, 1.807) is 0 Å². The van der Waals surface area contributed by atoms with E-state index in [2.05, 4.69) is 0 Å². The monoisotopic (exact) mass is 279 g/mol. The first kappa shape index (κ1) is 14.9. The fourth-order valence-electron chi connectivity index (χ4n) is 1.42. The molecule has 4 nitrogen and oxygen atoms in total. The topological polar surface area (TPSA) is 57.6 Å². The fraction of sp³-hybridized carbons (Fsp3) is 0.273. The molecule has 0 aliphatic heterocycles. The first-order valence-electron chi connectivity index (χ1n) is 4.97. The zero-order chi connectivity index (χ0) is 14.8. The van der Waals surface area contributed by atoms with Crippen LogP contribution in [-0.2, 0) is 11.0 Å². The van der Waals surface area contributed by atoms with Gasteiger partial charge in [-0.05, 0) is 18.2 Å². The minimum absolute atomic E-state index is 0.196. The van der Waals surface area contributed by atoms with Crippen LogP contribution in [0.2, 0.25) is 0 Å². The van der Waals surface area contributed by atoms with Crippen LogP contribution in [0.3, 0.4) is 0 Å². The number of hydrogen-bond acceptors (Lipinski definition) is 2. The SMILES string of the molecule is CN(CC(=O)O)C(=O)c1ccc(F)cc1C(F)(F)F. The number of carboxylic acids is 1. The molecule has 0 saturated heterocycles. The number of carbonyl (C=O) groups is 2. The van der Waals surface area contributed by atoms with Crippen LogP contribution in [0.15, 0.2) is 18.2 Å². The Morgan fingerprint density at radius 3 is 2.37 bits per heavy atom. The largest absolute Gasteiger partial charge is 0.480 e. The molecule has 0 aliphatic rings. The van der Waals surface area contributed by atoms with E-state index >= 15 is 0 Å². The maximum absolute atomic E-state index is 12.8. The number of carboxylic acid groups (broad SMARTS) is 1. The van der Waals surface area contributed by atoms with Crippen molar-refractivity contribution in [3.05, 3.63) is 35.1 Å². The zero-order valence-electron chi connectivity index (χ0n) is 9.66. The molecule has 0 aromatic heterocycles. The van der Waals surface area contributed by atoms with Gasteiger partial charge in [0, 0.05) is 7.05 Å². The van der Waals surface area contributed by atoms with Crippen LogP contribution in [0.5, 0.6) is 0 Å². The van der Waals surface area contributed by atoms with Gasteiger partial charge in [0.05, 0.1) is 11.1 Å². The van der Waals surface area contributed by atoms with Gasteiger partial charge in [-0.2, -0.15) is 13.2 Å². The molecule has 1 aromatic rings. The Morgan fingerprint density at radius 1 is 1.32 bits per heavy atom. The third kappa shape index (κ3) is 3.67. The molecule has 0 atom stereocenters. The number of aliphatic carboxylic acids is 1. The van der Waals surface area contributed by atoms with E-state index in [1.807, 2.05) is 0 Å².